The van der Waals surface area contributed by atoms with Crippen molar-refractivity contribution in [1.29, 1.82) is 0 Å². The van der Waals surface area contributed by atoms with Crippen LogP contribution < -0.4 is 0 Å². The van der Waals surface area contributed by atoms with Crippen molar-refractivity contribution in [3.8, 4) is 0 Å². The van der Waals surface area contributed by atoms with Crippen molar-refractivity contribution in [2.45, 2.75) is 33.1 Å². The molecule has 0 amide bonds. The Morgan fingerprint density at radius 2 is 2.06 bits per heavy atom. The van der Waals surface area contributed by atoms with Gasteiger partial charge in [-0.25, -0.2) is 0 Å². The van der Waals surface area contributed by atoms with E-state index in [0.717, 1.165) is 29.7 Å². The minimum Gasteiger partial charge on any atom is -0.501 e. The van der Waals surface area contributed by atoms with E-state index in [2.05, 4.69) is 19.1 Å². The van der Waals surface area contributed by atoms with Crippen LogP contribution in [0.25, 0.3) is 16.3 Å². The zero-order valence-electron chi connectivity index (χ0n) is 11.3. The molecule has 0 atom stereocenters. The largest absolute Gasteiger partial charge is 0.501 e. The van der Waals surface area contributed by atoms with E-state index in [0.29, 0.717) is 0 Å². The number of hydrogen-bond acceptors (Lipinski definition) is 2. The molecule has 0 bridgehead atoms. The molecular formula is C16H20O2. The van der Waals surface area contributed by atoms with Crippen LogP contribution >= 0.6 is 0 Å². The summed E-state index contributed by atoms with van der Waals surface area (Å²) in [5, 5.41) is 2.31. The third-order valence-corrected chi connectivity index (χ3v) is 3.29. The summed E-state index contributed by atoms with van der Waals surface area (Å²) in [6.45, 7) is 4.20. The standard InChI is InChI=1S/C16H20O2/c1-4-5-9-14(12(2)17-3)16-15-10-7-6-8-13(15)11-18-16/h6-8,10-11H,4-5,9H2,1-3H3/b14-12+. The van der Waals surface area contributed by atoms with Gasteiger partial charge < -0.3 is 9.15 Å². The number of fused-ring (bicyclic) bond motifs is 1. The summed E-state index contributed by atoms with van der Waals surface area (Å²) in [6, 6.07) is 8.24. The highest BCUT2D eigenvalue weighted by Crippen LogP contribution is 2.32. The Bertz CT molecular complexity index is 549. The molecule has 0 N–H and O–H groups in total. The summed E-state index contributed by atoms with van der Waals surface area (Å²) < 4.78 is 11.2. The molecule has 0 unspecified atom stereocenters. The van der Waals surface area contributed by atoms with E-state index in [4.69, 9.17) is 9.15 Å². The lowest BCUT2D eigenvalue weighted by Gasteiger charge is -2.09. The molecule has 0 radical (unpaired) electrons. The summed E-state index contributed by atoms with van der Waals surface area (Å²) in [5.74, 6) is 1.90. The second kappa shape index (κ2) is 5.76. The van der Waals surface area contributed by atoms with Crippen LogP contribution in [0.2, 0.25) is 0 Å². The summed E-state index contributed by atoms with van der Waals surface area (Å²) in [6.07, 6.45) is 5.12. The maximum atomic E-state index is 5.76. The first-order valence-electron chi connectivity index (χ1n) is 6.48. The van der Waals surface area contributed by atoms with E-state index < -0.39 is 0 Å². The van der Waals surface area contributed by atoms with Gasteiger partial charge in [-0.1, -0.05) is 37.6 Å². The molecule has 0 aliphatic carbocycles. The molecule has 0 fully saturated rings. The molecule has 2 aromatic rings. The Balaban J connectivity index is 2.48. The third-order valence-electron chi connectivity index (χ3n) is 3.29. The van der Waals surface area contributed by atoms with E-state index in [1.54, 1.807) is 7.11 Å². The molecule has 1 heterocycles. The number of hydrogen-bond donors (Lipinski definition) is 0. The first-order chi connectivity index (χ1) is 8.77. The first-order valence-corrected chi connectivity index (χ1v) is 6.48. The molecule has 96 valence electrons. The predicted octanol–water partition coefficient (Wildman–Crippen LogP) is 5.00. The van der Waals surface area contributed by atoms with Gasteiger partial charge in [0.05, 0.1) is 19.1 Å². The zero-order chi connectivity index (χ0) is 13.0. The minimum absolute atomic E-state index is 0.948. The lowest BCUT2D eigenvalue weighted by Crippen LogP contribution is -1.91. The molecule has 18 heavy (non-hydrogen) atoms. The highest BCUT2D eigenvalue weighted by molar-refractivity contribution is 5.92. The molecule has 0 saturated heterocycles. The molecule has 0 spiro atoms. The fraction of sp³-hybridized carbons (Fsp3) is 0.375. The first kappa shape index (κ1) is 12.7. The maximum absolute atomic E-state index is 5.76. The summed E-state index contributed by atoms with van der Waals surface area (Å²) >= 11 is 0. The fourth-order valence-electron chi connectivity index (χ4n) is 2.15. The highest BCUT2D eigenvalue weighted by Gasteiger charge is 2.14. The van der Waals surface area contributed by atoms with E-state index in [1.807, 2.05) is 25.3 Å². The van der Waals surface area contributed by atoms with Gasteiger partial charge in [-0.05, 0) is 19.8 Å². The monoisotopic (exact) mass is 244 g/mol. The van der Waals surface area contributed by atoms with E-state index in [-0.39, 0.29) is 0 Å². The molecule has 0 aliphatic heterocycles. The van der Waals surface area contributed by atoms with Crippen LogP contribution in [-0.4, -0.2) is 7.11 Å². The Kier molecular flexibility index (Phi) is 4.08. The number of allylic oxidation sites excluding steroid dienone is 2. The molecular weight excluding hydrogens is 224 g/mol. The van der Waals surface area contributed by atoms with Crippen molar-refractivity contribution in [2.75, 3.05) is 7.11 Å². The lowest BCUT2D eigenvalue weighted by atomic mass is 10.0. The molecule has 2 heteroatoms. The van der Waals surface area contributed by atoms with Crippen LogP contribution in [0, 0.1) is 0 Å². The molecule has 0 saturated carbocycles. The van der Waals surface area contributed by atoms with Gasteiger partial charge in [-0.15, -0.1) is 0 Å². The molecule has 2 nitrogen and oxygen atoms in total. The normalized spacial score (nSPS) is 12.6. The Labute approximate surface area is 108 Å². The van der Waals surface area contributed by atoms with Crippen molar-refractivity contribution in [3.63, 3.8) is 0 Å². The van der Waals surface area contributed by atoms with Gasteiger partial charge in [0.25, 0.3) is 0 Å². The van der Waals surface area contributed by atoms with Gasteiger partial charge in [0.15, 0.2) is 0 Å². The van der Waals surface area contributed by atoms with Gasteiger partial charge in [0.1, 0.15) is 5.76 Å². The van der Waals surface area contributed by atoms with Gasteiger partial charge in [-0.2, -0.15) is 0 Å². The molecule has 1 aromatic carbocycles. The Hall–Kier alpha value is -1.70. The van der Waals surface area contributed by atoms with Crippen LogP contribution in [0.5, 0.6) is 0 Å². The number of benzene rings is 1. The summed E-state index contributed by atoms with van der Waals surface area (Å²) in [5.41, 5.74) is 1.18. The van der Waals surface area contributed by atoms with Crippen LogP contribution in [0.4, 0.5) is 0 Å². The van der Waals surface area contributed by atoms with Crippen LogP contribution in [0.1, 0.15) is 38.9 Å². The van der Waals surface area contributed by atoms with E-state index in [9.17, 15) is 0 Å². The highest BCUT2D eigenvalue weighted by atomic mass is 16.5. The fourth-order valence-corrected chi connectivity index (χ4v) is 2.15. The topological polar surface area (TPSA) is 22.4 Å². The second-order valence-electron chi connectivity index (χ2n) is 4.49. The van der Waals surface area contributed by atoms with Crippen molar-refractivity contribution >= 4 is 16.3 Å². The van der Waals surface area contributed by atoms with Crippen molar-refractivity contribution in [1.82, 2.24) is 0 Å². The second-order valence-corrected chi connectivity index (χ2v) is 4.49. The maximum Gasteiger partial charge on any atom is 0.141 e. The number of furan rings is 1. The van der Waals surface area contributed by atoms with Crippen LogP contribution in [-0.2, 0) is 4.74 Å². The van der Waals surface area contributed by atoms with Gasteiger partial charge in [0.2, 0.25) is 0 Å². The number of rotatable bonds is 5. The van der Waals surface area contributed by atoms with E-state index >= 15 is 0 Å². The number of methoxy groups -OCH3 is 1. The van der Waals surface area contributed by atoms with Crippen LogP contribution in [0.15, 0.2) is 40.7 Å². The minimum atomic E-state index is 0.948. The average molecular weight is 244 g/mol. The van der Waals surface area contributed by atoms with Gasteiger partial charge in [-0.3, -0.25) is 0 Å². The lowest BCUT2D eigenvalue weighted by molar-refractivity contribution is 0.293. The summed E-state index contributed by atoms with van der Waals surface area (Å²) in [4.78, 5) is 0. The molecule has 1 aromatic heterocycles. The van der Waals surface area contributed by atoms with Crippen molar-refractivity contribution in [3.05, 3.63) is 42.0 Å². The molecule has 0 aliphatic rings. The molecule has 2 rings (SSSR count). The third kappa shape index (κ3) is 2.42. The Morgan fingerprint density at radius 3 is 2.78 bits per heavy atom. The zero-order valence-corrected chi connectivity index (χ0v) is 11.3. The average Bonchev–Trinajstić information content (AvgIpc) is 2.83. The number of ether oxygens (including phenoxy) is 1. The van der Waals surface area contributed by atoms with Crippen LogP contribution in [0.3, 0.4) is 0 Å². The predicted molar refractivity (Wildman–Crippen MR) is 75.3 cm³/mol. The van der Waals surface area contributed by atoms with Crippen molar-refractivity contribution in [2.24, 2.45) is 0 Å². The SMILES string of the molecule is CCCC/C(=C(/C)OC)c1occ2ccccc12. The number of unbranched alkanes of at least 4 members (excludes halogenated alkanes) is 1. The van der Waals surface area contributed by atoms with Gasteiger partial charge >= 0.3 is 0 Å². The van der Waals surface area contributed by atoms with Crippen molar-refractivity contribution < 1.29 is 9.15 Å². The quantitative estimate of drug-likeness (QED) is 0.690. The Morgan fingerprint density at radius 1 is 1.28 bits per heavy atom. The van der Waals surface area contributed by atoms with E-state index in [1.165, 1.54) is 17.4 Å². The smallest absolute Gasteiger partial charge is 0.141 e. The summed E-state index contributed by atoms with van der Waals surface area (Å²) in [7, 11) is 1.71. The van der Waals surface area contributed by atoms with Gasteiger partial charge in [0, 0.05) is 16.3 Å².